The Morgan fingerprint density at radius 2 is 2.20 bits per heavy atom. The molecular weight excluding hydrogens is 287 g/mol. The number of rotatable bonds is 3. The molecule has 0 saturated heterocycles. The van der Waals surface area contributed by atoms with Gasteiger partial charge in [0.25, 0.3) is 0 Å². The van der Waals surface area contributed by atoms with E-state index in [4.69, 9.17) is 22.1 Å². The van der Waals surface area contributed by atoms with Crippen LogP contribution in [0.3, 0.4) is 0 Å². The van der Waals surface area contributed by atoms with Crippen molar-refractivity contribution in [3.8, 4) is 11.6 Å². The van der Waals surface area contributed by atoms with Crippen molar-refractivity contribution >= 4 is 23.3 Å². The Labute approximate surface area is 119 Å². The van der Waals surface area contributed by atoms with Crippen LogP contribution in [0.25, 0.3) is 0 Å². The van der Waals surface area contributed by atoms with Gasteiger partial charge in [-0.3, -0.25) is 0 Å². The summed E-state index contributed by atoms with van der Waals surface area (Å²) >= 11 is 5.64. The highest BCUT2D eigenvalue weighted by Crippen LogP contribution is 2.29. The zero-order valence-electron chi connectivity index (χ0n) is 10.4. The van der Waals surface area contributed by atoms with Crippen LogP contribution < -0.4 is 10.5 Å². The third-order valence-corrected chi connectivity index (χ3v) is 2.74. The number of halogens is 2. The number of carbonyl (C=O) groups is 1. The van der Waals surface area contributed by atoms with E-state index in [0.717, 1.165) is 0 Å². The van der Waals surface area contributed by atoms with Gasteiger partial charge in [-0.05, 0) is 12.1 Å². The standard InChI is InChI=1S/C13H10ClFN2O3/c1-19-13(18)7-5-11(17-6-9(7)16)20-10-4-2-3-8(14)12(10)15/h2-6H,16H2,1H3. The minimum atomic E-state index is -0.715. The molecular formula is C13H10ClFN2O3. The van der Waals surface area contributed by atoms with Crippen molar-refractivity contribution in [3.05, 3.63) is 46.9 Å². The first-order valence-corrected chi connectivity index (χ1v) is 5.86. The molecule has 7 heteroatoms. The number of ether oxygens (including phenoxy) is 2. The Morgan fingerprint density at radius 3 is 2.90 bits per heavy atom. The Hall–Kier alpha value is -2.34. The third-order valence-electron chi connectivity index (χ3n) is 2.45. The van der Waals surface area contributed by atoms with Gasteiger partial charge in [0.1, 0.15) is 0 Å². The fourth-order valence-electron chi connectivity index (χ4n) is 1.46. The number of nitrogens with zero attached hydrogens (tertiary/aromatic N) is 1. The third kappa shape index (κ3) is 2.80. The first-order chi connectivity index (χ1) is 9.52. The van der Waals surface area contributed by atoms with E-state index >= 15 is 0 Å². The maximum absolute atomic E-state index is 13.7. The van der Waals surface area contributed by atoms with Gasteiger partial charge in [-0.25, -0.2) is 14.2 Å². The Kier molecular flexibility index (Phi) is 4.05. The van der Waals surface area contributed by atoms with Gasteiger partial charge in [0.05, 0.1) is 29.6 Å². The van der Waals surface area contributed by atoms with Crippen molar-refractivity contribution in [2.24, 2.45) is 0 Å². The molecule has 0 bridgehead atoms. The van der Waals surface area contributed by atoms with E-state index in [2.05, 4.69) is 9.72 Å². The zero-order valence-corrected chi connectivity index (χ0v) is 11.1. The van der Waals surface area contributed by atoms with Gasteiger partial charge in [0.2, 0.25) is 5.88 Å². The number of nitrogens with two attached hydrogens (primary N) is 1. The maximum Gasteiger partial charge on any atom is 0.340 e. The Bertz CT molecular complexity index is 664. The number of hydrogen-bond acceptors (Lipinski definition) is 5. The molecule has 0 fully saturated rings. The van der Waals surface area contributed by atoms with Gasteiger partial charge < -0.3 is 15.2 Å². The summed E-state index contributed by atoms with van der Waals surface area (Å²) in [5.74, 6) is -1.46. The number of aromatic nitrogens is 1. The van der Waals surface area contributed by atoms with E-state index in [9.17, 15) is 9.18 Å². The highest BCUT2D eigenvalue weighted by molar-refractivity contribution is 6.30. The van der Waals surface area contributed by atoms with Crippen LogP contribution in [-0.2, 0) is 4.74 Å². The molecule has 0 radical (unpaired) electrons. The van der Waals surface area contributed by atoms with Crippen LogP contribution in [-0.4, -0.2) is 18.1 Å². The van der Waals surface area contributed by atoms with Crippen molar-refractivity contribution in [2.45, 2.75) is 0 Å². The van der Waals surface area contributed by atoms with Gasteiger partial charge in [-0.1, -0.05) is 17.7 Å². The van der Waals surface area contributed by atoms with Crippen molar-refractivity contribution in [1.29, 1.82) is 0 Å². The smallest absolute Gasteiger partial charge is 0.340 e. The number of carbonyl (C=O) groups excluding carboxylic acids is 1. The average molecular weight is 297 g/mol. The topological polar surface area (TPSA) is 74.4 Å². The molecule has 104 valence electrons. The number of anilines is 1. The number of benzene rings is 1. The fraction of sp³-hybridized carbons (Fsp3) is 0.0769. The van der Waals surface area contributed by atoms with Crippen molar-refractivity contribution in [1.82, 2.24) is 4.98 Å². The molecule has 1 aromatic heterocycles. The molecule has 0 aliphatic heterocycles. The minimum absolute atomic E-state index is 0.000710. The van der Waals surface area contributed by atoms with Crippen LogP contribution >= 0.6 is 11.6 Å². The molecule has 0 spiro atoms. The molecule has 0 amide bonds. The van der Waals surface area contributed by atoms with E-state index < -0.39 is 11.8 Å². The molecule has 2 rings (SSSR count). The summed E-state index contributed by atoms with van der Waals surface area (Å²) in [6.07, 6.45) is 1.23. The molecule has 5 nitrogen and oxygen atoms in total. The van der Waals surface area contributed by atoms with E-state index in [1.165, 1.54) is 37.6 Å². The summed E-state index contributed by atoms with van der Waals surface area (Å²) in [5, 5.41) is -0.0777. The predicted octanol–water partition coefficient (Wildman–Crippen LogP) is 3.04. The first-order valence-electron chi connectivity index (χ1n) is 5.48. The van der Waals surface area contributed by atoms with Gasteiger partial charge in [-0.2, -0.15) is 0 Å². The largest absolute Gasteiger partial charge is 0.465 e. The minimum Gasteiger partial charge on any atom is -0.465 e. The Morgan fingerprint density at radius 1 is 1.45 bits per heavy atom. The summed E-state index contributed by atoms with van der Waals surface area (Å²) < 4.78 is 23.5. The van der Waals surface area contributed by atoms with Crippen LogP contribution in [0.2, 0.25) is 5.02 Å². The quantitative estimate of drug-likeness (QED) is 0.881. The summed E-state index contributed by atoms with van der Waals surface area (Å²) in [5.41, 5.74) is 5.82. The molecule has 0 atom stereocenters. The lowest BCUT2D eigenvalue weighted by atomic mass is 10.2. The van der Waals surface area contributed by atoms with Crippen LogP contribution in [0, 0.1) is 5.82 Å². The molecule has 2 N–H and O–H groups in total. The van der Waals surface area contributed by atoms with Crippen molar-refractivity contribution in [3.63, 3.8) is 0 Å². The van der Waals surface area contributed by atoms with Crippen molar-refractivity contribution in [2.75, 3.05) is 12.8 Å². The summed E-state index contributed by atoms with van der Waals surface area (Å²) in [7, 11) is 1.22. The number of methoxy groups -OCH3 is 1. The second kappa shape index (κ2) is 5.75. The zero-order chi connectivity index (χ0) is 14.7. The lowest BCUT2D eigenvalue weighted by Gasteiger charge is -2.09. The fourth-order valence-corrected chi connectivity index (χ4v) is 1.63. The van der Waals surface area contributed by atoms with E-state index in [-0.39, 0.29) is 27.9 Å². The second-order valence-electron chi connectivity index (χ2n) is 3.76. The summed E-state index contributed by atoms with van der Waals surface area (Å²) in [6.45, 7) is 0. The summed E-state index contributed by atoms with van der Waals surface area (Å²) in [4.78, 5) is 15.3. The highest BCUT2D eigenvalue weighted by atomic mass is 35.5. The molecule has 1 heterocycles. The molecule has 0 unspecified atom stereocenters. The average Bonchev–Trinajstić information content (AvgIpc) is 2.45. The van der Waals surface area contributed by atoms with Gasteiger partial charge in [0, 0.05) is 6.07 Å². The number of nitrogen functional groups attached to an aromatic ring is 1. The molecule has 2 aromatic rings. The molecule has 1 aromatic carbocycles. The lowest BCUT2D eigenvalue weighted by molar-refractivity contribution is 0.0601. The number of pyridine rings is 1. The normalized spacial score (nSPS) is 10.2. The molecule has 0 aliphatic carbocycles. The SMILES string of the molecule is COC(=O)c1cc(Oc2cccc(Cl)c2F)ncc1N. The van der Waals surface area contributed by atoms with E-state index in [0.29, 0.717) is 0 Å². The van der Waals surface area contributed by atoms with E-state index in [1.54, 1.807) is 0 Å². The maximum atomic E-state index is 13.7. The first kappa shape index (κ1) is 14.1. The second-order valence-corrected chi connectivity index (χ2v) is 4.16. The highest BCUT2D eigenvalue weighted by Gasteiger charge is 2.14. The van der Waals surface area contributed by atoms with Gasteiger partial charge >= 0.3 is 5.97 Å². The van der Waals surface area contributed by atoms with Crippen LogP contribution in [0.5, 0.6) is 11.6 Å². The van der Waals surface area contributed by atoms with Crippen LogP contribution in [0.4, 0.5) is 10.1 Å². The number of hydrogen-bond donors (Lipinski definition) is 1. The summed E-state index contributed by atoms with van der Waals surface area (Å²) in [6, 6.07) is 5.57. The molecule has 0 saturated carbocycles. The molecule has 20 heavy (non-hydrogen) atoms. The van der Waals surface area contributed by atoms with Crippen molar-refractivity contribution < 1.29 is 18.7 Å². The number of esters is 1. The molecule has 0 aliphatic rings. The Balaban J connectivity index is 2.35. The van der Waals surface area contributed by atoms with Crippen LogP contribution in [0.15, 0.2) is 30.5 Å². The van der Waals surface area contributed by atoms with Gasteiger partial charge in [-0.15, -0.1) is 0 Å². The van der Waals surface area contributed by atoms with E-state index in [1.807, 2.05) is 0 Å². The lowest BCUT2D eigenvalue weighted by Crippen LogP contribution is -2.06. The monoisotopic (exact) mass is 296 g/mol. The predicted molar refractivity (Wildman–Crippen MR) is 71.5 cm³/mol. The van der Waals surface area contributed by atoms with Crippen LogP contribution in [0.1, 0.15) is 10.4 Å². The van der Waals surface area contributed by atoms with Gasteiger partial charge in [0.15, 0.2) is 11.6 Å².